The molecular formula is C12H25NO2S. The van der Waals surface area contributed by atoms with Crippen LogP contribution in [0.2, 0.25) is 0 Å². The molecule has 1 saturated carbocycles. The van der Waals surface area contributed by atoms with Crippen LogP contribution >= 0.6 is 0 Å². The first-order valence-electron chi connectivity index (χ1n) is 6.46. The van der Waals surface area contributed by atoms with Gasteiger partial charge in [-0.05, 0) is 38.3 Å². The molecular weight excluding hydrogens is 222 g/mol. The molecule has 1 fully saturated rings. The summed E-state index contributed by atoms with van der Waals surface area (Å²) in [6, 6.07) is 0. The summed E-state index contributed by atoms with van der Waals surface area (Å²) in [5.41, 5.74) is 0. The summed E-state index contributed by atoms with van der Waals surface area (Å²) >= 11 is 0. The molecule has 0 aromatic heterocycles. The van der Waals surface area contributed by atoms with Gasteiger partial charge in [-0.25, -0.2) is 8.42 Å². The molecule has 0 heterocycles. The lowest BCUT2D eigenvalue weighted by molar-refractivity contribution is 0.426. The van der Waals surface area contributed by atoms with Crippen molar-refractivity contribution in [3.05, 3.63) is 0 Å². The summed E-state index contributed by atoms with van der Waals surface area (Å²) in [5.74, 6) is 1.13. The van der Waals surface area contributed by atoms with E-state index in [1.165, 1.54) is 44.8 Å². The van der Waals surface area contributed by atoms with E-state index in [4.69, 9.17) is 0 Å². The molecule has 0 aromatic carbocycles. The minimum atomic E-state index is -2.78. The monoisotopic (exact) mass is 247 g/mol. The fourth-order valence-corrected chi connectivity index (χ4v) is 3.00. The predicted molar refractivity (Wildman–Crippen MR) is 68.4 cm³/mol. The van der Waals surface area contributed by atoms with E-state index in [-0.39, 0.29) is 0 Å². The summed E-state index contributed by atoms with van der Waals surface area (Å²) in [7, 11) is -2.78. The van der Waals surface area contributed by atoms with Crippen molar-refractivity contribution >= 4 is 9.84 Å². The first kappa shape index (κ1) is 14.0. The Labute approximate surface area is 99.9 Å². The quantitative estimate of drug-likeness (QED) is 0.576. The zero-order valence-corrected chi connectivity index (χ0v) is 11.2. The van der Waals surface area contributed by atoms with Crippen LogP contribution in [-0.4, -0.2) is 33.5 Å². The average molecular weight is 247 g/mol. The van der Waals surface area contributed by atoms with Gasteiger partial charge in [0.05, 0.1) is 5.75 Å². The number of sulfone groups is 1. The van der Waals surface area contributed by atoms with Crippen LogP contribution in [0.4, 0.5) is 0 Å². The van der Waals surface area contributed by atoms with Crippen LogP contribution in [0.25, 0.3) is 0 Å². The molecule has 0 saturated heterocycles. The molecule has 0 spiro atoms. The molecule has 0 atom stereocenters. The minimum absolute atomic E-state index is 0.310. The number of rotatable bonds is 6. The van der Waals surface area contributed by atoms with E-state index >= 15 is 0 Å². The van der Waals surface area contributed by atoms with Crippen molar-refractivity contribution in [2.75, 3.05) is 25.1 Å². The van der Waals surface area contributed by atoms with Crippen molar-refractivity contribution in [3.63, 3.8) is 0 Å². The maximum absolute atomic E-state index is 10.9. The Bertz CT molecular complexity index is 267. The number of hydrogen-bond acceptors (Lipinski definition) is 3. The summed E-state index contributed by atoms with van der Waals surface area (Å²) < 4.78 is 21.8. The smallest absolute Gasteiger partial charge is 0.147 e. The number of hydrogen-bond donors (Lipinski definition) is 1. The van der Waals surface area contributed by atoms with Gasteiger partial charge in [0, 0.05) is 6.26 Å². The first-order valence-corrected chi connectivity index (χ1v) is 8.52. The van der Waals surface area contributed by atoms with E-state index in [1.54, 1.807) is 0 Å². The minimum Gasteiger partial charge on any atom is -0.316 e. The van der Waals surface area contributed by atoms with E-state index < -0.39 is 9.84 Å². The van der Waals surface area contributed by atoms with Gasteiger partial charge in [0.2, 0.25) is 0 Å². The van der Waals surface area contributed by atoms with Crippen LogP contribution in [-0.2, 0) is 9.84 Å². The van der Waals surface area contributed by atoms with Crippen LogP contribution in [0.5, 0.6) is 0 Å². The van der Waals surface area contributed by atoms with Crippen molar-refractivity contribution in [3.8, 4) is 0 Å². The summed E-state index contributed by atoms with van der Waals surface area (Å²) in [4.78, 5) is 0. The van der Waals surface area contributed by atoms with E-state index in [2.05, 4.69) is 5.32 Å². The molecule has 1 aliphatic rings. The molecule has 0 aliphatic heterocycles. The second-order valence-corrected chi connectivity index (χ2v) is 7.30. The lowest BCUT2D eigenvalue weighted by atomic mass is 10.0. The lowest BCUT2D eigenvalue weighted by Gasteiger charge is -2.14. The van der Waals surface area contributed by atoms with E-state index in [9.17, 15) is 8.42 Å². The zero-order valence-electron chi connectivity index (χ0n) is 10.4. The highest BCUT2D eigenvalue weighted by Crippen LogP contribution is 2.21. The Hall–Kier alpha value is -0.0900. The molecule has 1 aliphatic carbocycles. The Balaban J connectivity index is 2.01. The fourth-order valence-electron chi connectivity index (χ4n) is 2.33. The highest BCUT2D eigenvalue weighted by atomic mass is 32.2. The van der Waals surface area contributed by atoms with Gasteiger partial charge in [-0.1, -0.05) is 25.7 Å². The van der Waals surface area contributed by atoms with Gasteiger partial charge in [-0.15, -0.1) is 0 Å². The van der Waals surface area contributed by atoms with Gasteiger partial charge in [-0.2, -0.15) is 0 Å². The Kier molecular flexibility index (Phi) is 6.36. The molecule has 16 heavy (non-hydrogen) atoms. The lowest BCUT2D eigenvalue weighted by Crippen LogP contribution is -2.25. The molecule has 0 aromatic rings. The molecule has 96 valence electrons. The summed E-state index contributed by atoms with van der Waals surface area (Å²) in [6.45, 7) is 1.91. The van der Waals surface area contributed by atoms with Crippen molar-refractivity contribution in [2.24, 2.45) is 5.92 Å². The van der Waals surface area contributed by atoms with Crippen molar-refractivity contribution < 1.29 is 8.42 Å². The predicted octanol–water partition coefficient (Wildman–Crippen LogP) is 1.98. The SMILES string of the molecule is CS(=O)(=O)CCCNCC1CCCCCC1. The van der Waals surface area contributed by atoms with E-state index in [1.807, 2.05) is 0 Å². The summed E-state index contributed by atoms with van der Waals surface area (Å²) in [5, 5.41) is 3.39. The van der Waals surface area contributed by atoms with Gasteiger partial charge < -0.3 is 5.32 Å². The molecule has 1 rings (SSSR count). The third kappa shape index (κ3) is 7.23. The molecule has 0 radical (unpaired) electrons. The van der Waals surface area contributed by atoms with Gasteiger partial charge >= 0.3 is 0 Å². The fraction of sp³-hybridized carbons (Fsp3) is 1.00. The van der Waals surface area contributed by atoms with E-state index in [0.29, 0.717) is 5.75 Å². The first-order chi connectivity index (χ1) is 7.58. The standard InChI is InChI=1S/C12H25NO2S/c1-16(14,15)10-6-9-13-11-12-7-4-2-3-5-8-12/h12-13H,2-11H2,1H3. The second kappa shape index (κ2) is 7.28. The maximum Gasteiger partial charge on any atom is 0.147 e. The Morgan fingerprint density at radius 1 is 1.12 bits per heavy atom. The van der Waals surface area contributed by atoms with Gasteiger partial charge in [0.1, 0.15) is 9.84 Å². The average Bonchev–Trinajstić information content (AvgIpc) is 2.44. The molecule has 3 nitrogen and oxygen atoms in total. The van der Waals surface area contributed by atoms with Crippen LogP contribution in [0.1, 0.15) is 44.9 Å². The molecule has 1 N–H and O–H groups in total. The van der Waals surface area contributed by atoms with Gasteiger partial charge in [-0.3, -0.25) is 0 Å². The molecule has 0 amide bonds. The normalized spacial score (nSPS) is 19.6. The highest BCUT2D eigenvalue weighted by Gasteiger charge is 2.11. The van der Waals surface area contributed by atoms with Crippen LogP contribution < -0.4 is 5.32 Å². The van der Waals surface area contributed by atoms with Crippen LogP contribution in [0.3, 0.4) is 0 Å². The van der Waals surface area contributed by atoms with Crippen LogP contribution in [0, 0.1) is 5.92 Å². The van der Waals surface area contributed by atoms with Crippen molar-refractivity contribution in [1.29, 1.82) is 0 Å². The van der Waals surface area contributed by atoms with Crippen LogP contribution in [0.15, 0.2) is 0 Å². The molecule has 0 unspecified atom stereocenters. The molecule has 4 heteroatoms. The van der Waals surface area contributed by atoms with E-state index in [0.717, 1.165) is 25.4 Å². The number of nitrogens with one attached hydrogen (secondary N) is 1. The van der Waals surface area contributed by atoms with Crippen molar-refractivity contribution in [2.45, 2.75) is 44.9 Å². The third-order valence-corrected chi connectivity index (χ3v) is 4.31. The van der Waals surface area contributed by atoms with Gasteiger partial charge in [0.25, 0.3) is 0 Å². The Morgan fingerprint density at radius 2 is 1.75 bits per heavy atom. The summed E-state index contributed by atoms with van der Waals surface area (Å²) in [6.07, 6.45) is 10.3. The third-order valence-electron chi connectivity index (χ3n) is 3.28. The maximum atomic E-state index is 10.9. The van der Waals surface area contributed by atoms with Gasteiger partial charge in [0.15, 0.2) is 0 Å². The largest absolute Gasteiger partial charge is 0.316 e. The zero-order chi connectivity index (χ0) is 11.9. The Morgan fingerprint density at radius 3 is 2.31 bits per heavy atom. The highest BCUT2D eigenvalue weighted by molar-refractivity contribution is 7.90. The van der Waals surface area contributed by atoms with Crippen molar-refractivity contribution in [1.82, 2.24) is 5.32 Å². The molecule has 0 bridgehead atoms. The topological polar surface area (TPSA) is 46.2 Å². The second-order valence-electron chi connectivity index (χ2n) is 5.05.